The van der Waals surface area contributed by atoms with Crippen LogP contribution in [-0.4, -0.2) is 30.1 Å². The first-order valence-corrected chi connectivity index (χ1v) is 9.77. The molecule has 0 unspecified atom stereocenters. The van der Waals surface area contributed by atoms with E-state index in [4.69, 9.17) is 4.74 Å². The molecule has 2 aromatic carbocycles. The molecule has 1 amide bonds. The summed E-state index contributed by atoms with van der Waals surface area (Å²) in [6.45, 7) is 0. The van der Waals surface area contributed by atoms with Crippen molar-refractivity contribution in [2.24, 2.45) is 0 Å². The molecule has 148 valence electrons. The molecule has 1 aliphatic rings. The zero-order valence-corrected chi connectivity index (χ0v) is 16.2. The van der Waals surface area contributed by atoms with Crippen molar-refractivity contribution in [3.63, 3.8) is 0 Å². The zero-order chi connectivity index (χ0) is 20.0. The van der Waals surface area contributed by atoms with E-state index in [0.29, 0.717) is 5.75 Å². The van der Waals surface area contributed by atoms with E-state index >= 15 is 0 Å². The third-order valence-corrected chi connectivity index (χ3v) is 5.67. The number of benzene rings is 2. The van der Waals surface area contributed by atoms with Crippen molar-refractivity contribution in [3.8, 4) is 5.75 Å². The largest absolute Gasteiger partial charge is 0.497 e. The average Bonchev–Trinajstić information content (AvgIpc) is 2.74. The maximum absolute atomic E-state index is 13.3. The maximum Gasteiger partial charge on any atom is 0.326 e. The number of carboxylic acids is 1. The van der Waals surface area contributed by atoms with Gasteiger partial charge in [0.1, 0.15) is 11.8 Å². The lowest BCUT2D eigenvalue weighted by Crippen LogP contribution is -2.52. The highest BCUT2D eigenvalue weighted by molar-refractivity contribution is 5.91. The Kier molecular flexibility index (Phi) is 6.34. The predicted molar refractivity (Wildman–Crippen MR) is 107 cm³/mol. The molecule has 1 fully saturated rings. The lowest BCUT2D eigenvalue weighted by atomic mass is 9.68. The van der Waals surface area contributed by atoms with Gasteiger partial charge in [-0.25, -0.2) is 4.79 Å². The van der Waals surface area contributed by atoms with E-state index in [1.165, 1.54) is 0 Å². The lowest BCUT2D eigenvalue weighted by Gasteiger charge is -2.37. The fraction of sp³-hybridized carbons (Fsp3) is 0.391. The molecule has 0 aromatic heterocycles. The summed E-state index contributed by atoms with van der Waals surface area (Å²) in [4.78, 5) is 25.2. The van der Waals surface area contributed by atoms with Crippen molar-refractivity contribution < 1.29 is 19.4 Å². The molecule has 1 aliphatic carbocycles. The topological polar surface area (TPSA) is 75.6 Å². The Morgan fingerprint density at radius 1 is 1.04 bits per heavy atom. The van der Waals surface area contributed by atoms with Gasteiger partial charge in [-0.2, -0.15) is 0 Å². The molecule has 0 radical (unpaired) electrons. The van der Waals surface area contributed by atoms with Crippen molar-refractivity contribution >= 4 is 11.9 Å². The second-order valence-corrected chi connectivity index (χ2v) is 7.43. The molecule has 2 N–H and O–H groups in total. The molecule has 3 rings (SSSR count). The number of carbonyl (C=O) groups is 2. The Labute approximate surface area is 165 Å². The molecular formula is C23H27NO4. The van der Waals surface area contributed by atoms with Crippen LogP contribution in [0.3, 0.4) is 0 Å². The summed E-state index contributed by atoms with van der Waals surface area (Å²) >= 11 is 0. The summed E-state index contributed by atoms with van der Waals surface area (Å²) in [6, 6.07) is 16.0. The second-order valence-electron chi connectivity index (χ2n) is 7.43. The van der Waals surface area contributed by atoms with Crippen LogP contribution in [0.4, 0.5) is 0 Å². The van der Waals surface area contributed by atoms with Crippen LogP contribution in [-0.2, 0) is 21.4 Å². The van der Waals surface area contributed by atoms with Gasteiger partial charge in [0, 0.05) is 6.42 Å². The summed E-state index contributed by atoms with van der Waals surface area (Å²) in [5, 5.41) is 12.5. The number of rotatable bonds is 7. The summed E-state index contributed by atoms with van der Waals surface area (Å²) in [5.74, 6) is -0.493. The van der Waals surface area contributed by atoms with E-state index in [-0.39, 0.29) is 12.3 Å². The Hall–Kier alpha value is -2.82. The molecular weight excluding hydrogens is 354 g/mol. The number of carbonyl (C=O) groups excluding carboxylic acids is 1. The van der Waals surface area contributed by atoms with E-state index in [1.54, 1.807) is 19.2 Å². The summed E-state index contributed by atoms with van der Waals surface area (Å²) < 4.78 is 5.14. The van der Waals surface area contributed by atoms with Crippen LogP contribution < -0.4 is 10.1 Å². The zero-order valence-electron chi connectivity index (χ0n) is 16.2. The number of aliphatic carboxylic acids is 1. The molecule has 0 aliphatic heterocycles. The fourth-order valence-corrected chi connectivity index (χ4v) is 4.05. The van der Waals surface area contributed by atoms with Crippen LogP contribution in [0.2, 0.25) is 0 Å². The molecule has 1 saturated carbocycles. The van der Waals surface area contributed by atoms with Crippen molar-refractivity contribution in [2.75, 3.05) is 7.11 Å². The third-order valence-electron chi connectivity index (χ3n) is 5.67. The van der Waals surface area contributed by atoms with Crippen LogP contribution in [0.15, 0.2) is 54.6 Å². The van der Waals surface area contributed by atoms with Crippen LogP contribution in [0.1, 0.15) is 43.2 Å². The van der Waals surface area contributed by atoms with Gasteiger partial charge in [-0.15, -0.1) is 0 Å². The highest BCUT2D eigenvalue weighted by atomic mass is 16.5. The van der Waals surface area contributed by atoms with E-state index < -0.39 is 17.4 Å². The molecule has 1 atom stereocenters. The number of carboxylic acid groups (broad SMARTS) is 1. The Bertz CT molecular complexity index is 795. The van der Waals surface area contributed by atoms with Crippen LogP contribution in [0, 0.1) is 0 Å². The van der Waals surface area contributed by atoms with E-state index in [1.807, 2.05) is 42.5 Å². The summed E-state index contributed by atoms with van der Waals surface area (Å²) in [5.41, 5.74) is 1.17. The number of hydrogen-bond donors (Lipinski definition) is 2. The minimum Gasteiger partial charge on any atom is -0.497 e. The molecule has 0 bridgehead atoms. The number of hydrogen-bond acceptors (Lipinski definition) is 3. The molecule has 28 heavy (non-hydrogen) atoms. The first-order chi connectivity index (χ1) is 13.5. The van der Waals surface area contributed by atoms with Gasteiger partial charge in [0.2, 0.25) is 5.91 Å². The smallest absolute Gasteiger partial charge is 0.326 e. The number of methoxy groups -OCH3 is 1. The second kappa shape index (κ2) is 8.91. The van der Waals surface area contributed by atoms with Crippen LogP contribution in [0.5, 0.6) is 5.75 Å². The van der Waals surface area contributed by atoms with Crippen molar-refractivity contribution in [2.45, 2.75) is 50.0 Å². The van der Waals surface area contributed by atoms with Gasteiger partial charge < -0.3 is 15.2 Å². The van der Waals surface area contributed by atoms with E-state index in [0.717, 1.165) is 43.2 Å². The Morgan fingerprint density at radius 3 is 2.25 bits per heavy atom. The van der Waals surface area contributed by atoms with E-state index in [9.17, 15) is 14.7 Å². The van der Waals surface area contributed by atoms with Crippen molar-refractivity contribution in [1.29, 1.82) is 0 Å². The van der Waals surface area contributed by atoms with Crippen molar-refractivity contribution in [1.82, 2.24) is 5.32 Å². The SMILES string of the molecule is COc1ccc(C[C@H](NC(=O)C2(c3ccccc3)CCCCC2)C(=O)O)cc1. The monoisotopic (exact) mass is 381 g/mol. The van der Waals surface area contributed by atoms with Gasteiger partial charge >= 0.3 is 5.97 Å². The number of nitrogens with one attached hydrogen (secondary N) is 1. The van der Waals surface area contributed by atoms with E-state index in [2.05, 4.69) is 5.32 Å². The van der Waals surface area contributed by atoms with Gasteiger partial charge in [-0.1, -0.05) is 61.7 Å². The molecule has 0 heterocycles. The van der Waals surface area contributed by atoms with Gasteiger partial charge in [-0.3, -0.25) is 4.79 Å². The number of ether oxygens (including phenoxy) is 1. The Morgan fingerprint density at radius 2 is 1.68 bits per heavy atom. The average molecular weight is 381 g/mol. The van der Waals surface area contributed by atoms with Gasteiger partial charge in [-0.05, 0) is 36.1 Å². The first kappa shape index (κ1) is 19.9. The van der Waals surface area contributed by atoms with Gasteiger partial charge in [0.05, 0.1) is 12.5 Å². The highest BCUT2D eigenvalue weighted by Gasteiger charge is 2.42. The van der Waals surface area contributed by atoms with Crippen LogP contribution >= 0.6 is 0 Å². The molecule has 5 nitrogen and oxygen atoms in total. The summed E-state index contributed by atoms with van der Waals surface area (Å²) in [6.07, 6.45) is 4.78. The van der Waals surface area contributed by atoms with Gasteiger partial charge in [0.15, 0.2) is 0 Å². The Balaban J connectivity index is 1.80. The maximum atomic E-state index is 13.3. The minimum atomic E-state index is -1.02. The fourth-order valence-electron chi connectivity index (χ4n) is 4.05. The lowest BCUT2D eigenvalue weighted by molar-refractivity contribution is -0.143. The van der Waals surface area contributed by atoms with Crippen LogP contribution in [0.25, 0.3) is 0 Å². The predicted octanol–water partition coefficient (Wildman–Crippen LogP) is 3.71. The van der Waals surface area contributed by atoms with Crippen molar-refractivity contribution in [3.05, 3.63) is 65.7 Å². The normalized spacial score (nSPS) is 16.8. The minimum absolute atomic E-state index is 0.181. The molecule has 5 heteroatoms. The summed E-state index contributed by atoms with van der Waals surface area (Å²) in [7, 11) is 1.59. The first-order valence-electron chi connectivity index (χ1n) is 9.77. The van der Waals surface area contributed by atoms with Gasteiger partial charge in [0.25, 0.3) is 0 Å². The standard InChI is InChI=1S/C23H27NO4/c1-28-19-12-10-17(11-13-19)16-20(21(25)26)24-22(27)23(14-6-3-7-15-23)18-8-4-2-5-9-18/h2,4-5,8-13,20H,3,6-7,14-16H2,1H3,(H,24,27)(H,25,26)/t20-/m0/s1. The highest BCUT2D eigenvalue weighted by Crippen LogP contribution is 2.39. The molecule has 0 saturated heterocycles. The third kappa shape index (κ3) is 4.35. The number of amides is 1. The quantitative estimate of drug-likeness (QED) is 0.767. The molecule has 0 spiro atoms. The molecule has 2 aromatic rings.